The Morgan fingerprint density at radius 2 is 1.94 bits per heavy atom. The van der Waals surface area contributed by atoms with Crippen LogP contribution in [0.3, 0.4) is 0 Å². The predicted octanol–water partition coefficient (Wildman–Crippen LogP) is 1.71. The van der Waals surface area contributed by atoms with Crippen molar-refractivity contribution in [3.8, 4) is 0 Å². The van der Waals surface area contributed by atoms with E-state index in [-0.39, 0.29) is 6.42 Å². The standard InChI is InChI=1S/C11H15F2NO4/c1-10(2,3)18-9(17)14-6(8(15)16)4-5-7(14)11(5,12)13/h5-7H,4H2,1-3H3,(H,15,16)/t5?,6-,7-/m0/s1. The van der Waals surface area contributed by atoms with Crippen LogP contribution < -0.4 is 0 Å². The van der Waals surface area contributed by atoms with E-state index in [1.807, 2.05) is 0 Å². The number of likely N-dealkylation sites (tertiary alicyclic amines) is 1. The molecule has 18 heavy (non-hydrogen) atoms. The molecule has 5 nitrogen and oxygen atoms in total. The summed E-state index contributed by atoms with van der Waals surface area (Å²) >= 11 is 0. The first-order valence-electron chi connectivity index (χ1n) is 5.67. The quantitative estimate of drug-likeness (QED) is 0.782. The van der Waals surface area contributed by atoms with Gasteiger partial charge in [-0.25, -0.2) is 18.4 Å². The third-order valence-electron chi connectivity index (χ3n) is 3.16. The van der Waals surface area contributed by atoms with Crippen LogP contribution in [0.15, 0.2) is 0 Å². The minimum Gasteiger partial charge on any atom is -0.480 e. The molecule has 0 aromatic rings. The van der Waals surface area contributed by atoms with Crippen LogP contribution in [-0.4, -0.2) is 45.7 Å². The van der Waals surface area contributed by atoms with Crippen molar-refractivity contribution in [2.24, 2.45) is 5.92 Å². The zero-order valence-electron chi connectivity index (χ0n) is 10.3. The number of halogens is 2. The lowest BCUT2D eigenvalue weighted by molar-refractivity contribution is -0.143. The number of carboxylic acid groups (broad SMARTS) is 1. The number of rotatable bonds is 1. The van der Waals surface area contributed by atoms with E-state index in [0.717, 1.165) is 0 Å². The van der Waals surface area contributed by atoms with Gasteiger partial charge in [-0.3, -0.25) is 4.90 Å². The van der Waals surface area contributed by atoms with Crippen LogP contribution in [-0.2, 0) is 9.53 Å². The monoisotopic (exact) mass is 263 g/mol. The van der Waals surface area contributed by atoms with Gasteiger partial charge in [0.25, 0.3) is 5.92 Å². The molecule has 3 atom stereocenters. The molecule has 1 unspecified atom stereocenters. The van der Waals surface area contributed by atoms with Crippen LogP contribution in [0.25, 0.3) is 0 Å². The molecule has 1 saturated heterocycles. The molecule has 0 radical (unpaired) electrons. The fourth-order valence-corrected chi connectivity index (χ4v) is 2.36. The van der Waals surface area contributed by atoms with Gasteiger partial charge in [-0.15, -0.1) is 0 Å². The van der Waals surface area contributed by atoms with Gasteiger partial charge in [-0.2, -0.15) is 0 Å². The number of carboxylic acids is 1. The Labute approximate surface area is 103 Å². The fraction of sp³-hybridized carbons (Fsp3) is 0.818. The highest BCUT2D eigenvalue weighted by Gasteiger charge is 2.78. The molecule has 7 heteroatoms. The molecule has 1 amide bonds. The Kier molecular flexibility index (Phi) is 2.57. The van der Waals surface area contributed by atoms with E-state index in [1.54, 1.807) is 20.8 Å². The molecule has 1 heterocycles. The summed E-state index contributed by atoms with van der Waals surface area (Å²) in [5.74, 6) is -5.31. The number of hydrogen-bond acceptors (Lipinski definition) is 3. The third kappa shape index (κ3) is 1.91. The number of hydrogen-bond donors (Lipinski definition) is 1. The first-order valence-corrected chi connectivity index (χ1v) is 5.67. The van der Waals surface area contributed by atoms with E-state index in [1.165, 1.54) is 0 Å². The van der Waals surface area contributed by atoms with E-state index >= 15 is 0 Å². The number of fused-ring (bicyclic) bond motifs is 1. The summed E-state index contributed by atoms with van der Waals surface area (Å²) in [5, 5.41) is 8.95. The smallest absolute Gasteiger partial charge is 0.411 e. The van der Waals surface area contributed by atoms with E-state index in [4.69, 9.17) is 9.84 Å². The number of alkyl halides is 2. The molecular formula is C11H15F2NO4. The summed E-state index contributed by atoms with van der Waals surface area (Å²) in [6.45, 7) is 4.79. The lowest BCUT2D eigenvalue weighted by Crippen LogP contribution is -2.47. The summed E-state index contributed by atoms with van der Waals surface area (Å²) in [6.07, 6.45) is -1.20. The Morgan fingerprint density at radius 3 is 2.39 bits per heavy atom. The van der Waals surface area contributed by atoms with Gasteiger partial charge in [0, 0.05) is 0 Å². The Hall–Kier alpha value is -1.40. The molecule has 2 aliphatic rings. The maximum Gasteiger partial charge on any atom is 0.411 e. The second-order valence-electron chi connectivity index (χ2n) is 5.70. The Morgan fingerprint density at radius 1 is 1.39 bits per heavy atom. The zero-order valence-corrected chi connectivity index (χ0v) is 10.3. The maximum absolute atomic E-state index is 13.3. The van der Waals surface area contributed by atoms with Gasteiger partial charge in [-0.05, 0) is 27.2 Å². The van der Waals surface area contributed by atoms with Crippen LogP contribution in [0.5, 0.6) is 0 Å². The largest absolute Gasteiger partial charge is 0.480 e. The number of nitrogens with zero attached hydrogens (tertiary/aromatic N) is 1. The highest BCUT2D eigenvalue weighted by atomic mass is 19.3. The van der Waals surface area contributed by atoms with Crippen LogP contribution in [0, 0.1) is 5.92 Å². The van der Waals surface area contributed by atoms with Crippen LogP contribution in [0.4, 0.5) is 13.6 Å². The minimum atomic E-state index is -2.98. The van der Waals surface area contributed by atoms with Crippen LogP contribution in [0.1, 0.15) is 27.2 Å². The normalized spacial score (nSPS) is 32.9. The summed E-state index contributed by atoms with van der Waals surface area (Å²) in [6, 6.07) is -2.54. The average Bonchev–Trinajstić information content (AvgIpc) is 2.59. The second-order valence-corrected chi connectivity index (χ2v) is 5.70. The number of aliphatic carboxylic acids is 1. The van der Waals surface area contributed by atoms with Gasteiger partial charge in [0.15, 0.2) is 0 Å². The third-order valence-corrected chi connectivity index (χ3v) is 3.16. The molecule has 0 spiro atoms. The average molecular weight is 263 g/mol. The van der Waals surface area contributed by atoms with Crippen molar-refractivity contribution >= 4 is 12.1 Å². The maximum atomic E-state index is 13.3. The van der Waals surface area contributed by atoms with Gasteiger partial charge in [0.05, 0.1) is 5.92 Å². The molecule has 102 valence electrons. The predicted molar refractivity (Wildman–Crippen MR) is 56.3 cm³/mol. The highest BCUT2D eigenvalue weighted by molar-refractivity contribution is 5.82. The highest BCUT2D eigenvalue weighted by Crippen LogP contribution is 2.60. The summed E-state index contributed by atoms with van der Waals surface area (Å²) < 4.78 is 31.5. The van der Waals surface area contributed by atoms with Gasteiger partial charge >= 0.3 is 12.1 Å². The van der Waals surface area contributed by atoms with Crippen molar-refractivity contribution in [3.05, 3.63) is 0 Å². The molecule has 2 fully saturated rings. The molecule has 1 aliphatic carbocycles. The number of carbonyl (C=O) groups excluding carboxylic acids is 1. The molecule has 1 saturated carbocycles. The number of ether oxygens (including phenoxy) is 1. The van der Waals surface area contributed by atoms with Crippen molar-refractivity contribution < 1.29 is 28.2 Å². The molecule has 2 rings (SSSR count). The molecule has 0 bridgehead atoms. The van der Waals surface area contributed by atoms with Crippen molar-refractivity contribution in [1.29, 1.82) is 0 Å². The SMILES string of the molecule is CC(C)(C)OC(=O)N1[C@H]2C(C[C@H]1C(=O)O)C2(F)F. The summed E-state index contributed by atoms with van der Waals surface area (Å²) in [7, 11) is 0. The van der Waals surface area contributed by atoms with Crippen molar-refractivity contribution in [1.82, 2.24) is 4.90 Å². The van der Waals surface area contributed by atoms with Crippen LogP contribution >= 0.6 is 0 Å². The Bertz CT molecular complexity index is 404. The first-order chi connectivity index (χ1) is 8.05. The van der Waals surface area contributed by atoms with Crippen molar-refractivity contribution in [2.75, 3.05) is 0 Å². The van der Waals surface area contributed by atoms with Crippen molar-refractivity contribution in [2.45, 2.75) is 50.8 Å². The lowest BCUT2D eigenvalue weighted by Gasteiger charge is -2.29. The van der Waals surface area contributed by atoms with Crippen molar-refractivity contribution in [3.63, 3.8) is 0 Å². The summed E-state index contributed by atoms with van der Waals surface area (Å²) in [5.41, 5.74) is -0.845. The van der Waals surface area contributed by atoms with Gasteiger partial charge in [0.2, 0.25) is 0 Å². The van der Waals surface area contributed by atoms with Gasteiger partial charge < -0.3 is 9.84 Å². The van der Waals surface area contributed by atoms with Crippen LogP contribution in [0.2, 0.25) is 0 Å². The summed E-state index contributed by atoms with van der Waals surface area (Å²) in [4.78, 5) is 23.5. The lowest BCUT2D eigenvalue weighted by atomic mass is 10.1. The molecule has 0 aromatic heterocycles. The number of amides is 1. The topological polar surface area (TPSA) is 66.8 Å². The molecular weight excluding hydrogens is 248 g/mol. The zero-order chi connectivity index (χ0) is 13.9. The van der Waals surface area contributed by atoms with E-state index < -0.39 is 41.6 Å². The fourth-order valence-electron chi connectivity index (χ4n) is 2.36. The number of piperidine rings is 1. The molecule has 0 aromatic carbocycles. The molecule has 1 aliphatic heterocycles. The Balaban J connectivity index is 2.17. The first kappa shape index (κ1) is 13.0. The van der Waals surface area contributed by atoms with E-state index in [2.05, 4.69) is 0 Å². The van der Waals surface area contributed by atoms with Gasteiger partial charge in [-0.1, -0.05) is 0 Å². The minimum absolute atomic E-state index is 0.216. The molecule has 1 N–H and O–H groups in total. The van der Waals surface area contributed by atoms with E-state index in [0.29, 0.717) is 4.90 Å². The van der Waals surface area contributed by atoms with Gasteiger partial charge in [0.1, 0.15) is 17.7 Å². The number of carbonyl (C=O) groups is 2. The second kappa shape index (κ2) is 3.55. The van der Waals surface area contributed by atoms with E-state index in [9.17, 15) is 18.4 Å².